The summed E-state index contributed by atoms with van der Waals surface area (Å²) >= 11 is 0. The summed E-state index contributed by atoms with van der Waals surface area (Å²) in [6.45, 7) is 4.23. The fourth-order valence-corrected chi connectivity index (χ4v) is 2.57. The monoisotopic (exact) mass is 229 g/mol. The first-order valence-electron chi connectivity index (χ1n) is 4.17. The van der Waals surface area contributed by atoms with Crippen LogP contribution in [-0.2, 0) is 0 Å². The van der Waals surface area contributed by atoms with Crippen molar-refractivity contribution < 1.29 is 4.92 Å². The highest BCUT2D eigenvalue weighted by atomic mass is 33.1. The van der Waals surface area contributed by atoms with Crippen molar-refractivity contribution in [2.45, 2.75) is 24.0 Å². The molecule has 0 amide bonds. The normalized spacial score (nSPS) is 10.5. The Morgan fingerprint density at radius 2 is 1.86 bits per heavy atom. The van der Waals surface area contributed by atoms with Crippen LogP contribution in [0, 0.1) is 10.1 Å². The molecule has 5 heteroatoms. The number of nitro benzene ring substituents is 1. The van der Waals surface area contributed by atoms with Gasteiger partial charge in [-0.3, -0.25) is 10.1 Å². The number of nitro groups is 1. The molecule has 0 saturated heterocycles. The van der Waals surface area contributed by atoms with Crippen molar-refractivity contribution in [2.24, 2.45) is 0 Å². The highest BCUT2D eigenvalue weighted by Gasteiger charge is 2.04. The minimum Gasteiger partial charge on any atom is -0.258 e. The molecule has 0 aliphatic heterocycles. The average Bonchev–Trinajstić information content (AvgIpc) is 2.15. The van der Waals surface area contributed by atoms with Crippen molar-refractivity contribution in [1.29, 1.82) is 0 Å². The van der Waals surface area contributed by atoms with Crippen molar-refractivity contribution in [2.75, 3.05) is 0 Å². The lowest BCUT2D eigenvalue weighted by Crippen LogP contribution is -1.86. The highest BCUT2D eigenvalue weighted by molar-refractivity contribution is 8.76. The van der Waals surface area contributed by atoms with Crippen LogP contribution in [0.25, 0.3) is 0 Å². The van der Waals surface area contributed by atoms with Crippen LogP contribution in [0.2, 0.25) is 0 Å². The van der Waals surface area contributed by atoms with E-state index in [0.29, 0.717) is 5.25 Å². The molecule has 0 unspecified atom stereocenters. The van der Waals surface area contributed by atoms with Gasteiger partial charge in [0.25, 0.3) is 5.69 Å². The lowest BCUT2D eigenvalue weighted by Gasteiger charge is -2.02. The first-order chi connectivity index (χ1) is 6.59. The van der Waals surface area contributed by atoms with Gasteiger partial charge >= 0.3 is 0 Å². The van der Waals surface area contributed by atoms with Crippen LogP contribution in [0.4, 0.5) is 5.69 Å². The highest BCUT2D eigenvalue weighted by Crippen LogP contribution is 2.34. The summed E-state index contributed by atoms with van der Waals surface area (Å²) in [7, 11) is 3.39. The van der Waals surface area contributed by atoms with Gasteiger partial charge in [-0.2, -0.15) is 0 Å². The van der Waals surface area contributed by atoms with Crippen LogP contribution < -0.4 is 0 Å². The van der Waals surface area contributed by atoms with Gasteiger partial charge in [0, 0.05) is 22.3 Å². The molecule has 1 rings (SSSR count). The third-order valence-corrected chi connectivity index (χ3v) is 4.35. The maximum atomic E-state index is 10.4. The summed E-state index contributed by atoms with van der Waals surface area (Å²) in [4.78, 5) is 11.0. The number of rotatable bonds is 4. The van der Waals surface area contributed by atoms with Crippen LogP contribution in [-0.4, -0.2) is 10.2 Å². The van der Waals surface area contributed by atoms with Crippen LogP contribution in [0.15, 0.2) is 29.2 Å². The Morgan fingerprint density at radius 3 is 2.29 bits per heavy atom. The van der Waals surface area contributed by atoms with Gasteiger partial charge < -0.3 is 0 Å². The van der Waals surface area contributed by atoms with Crippen molar-refractivity contribution in [3.63, 3.8) is 0 Å². The largest absolute Gasteiger partial charge is 0.269 e. The lowest BCUT2D eigenvalue weighted by atomic mass is 10.3. The van der Waals surface area contributed by atoms with Crippen molar-refractivity contribution in [3.05, 3.63) is 34.4 Å². The second-order valence-electron chi connectivity index (χ2n) is 2.98. The fourth-order valence-electron chi connectivity index (χ4n) is 0.775. The maximum Gasteiger partial charge on any atom is 0.269 e. The Hall–Kier alpha value is -0.680. The molecule has 0 spiro atoms. The van der Waals surface area contributed by atoms with E-state index in [1.54, 1.807) is 33.7 Å². The Kier molecular flexibility index (Phi) is 4.28. The SMILES string of the molecule is CC(C)SSc1ccc([N+](=O)[O-])cc1. The van der Waals surface area contributed by atoms with Crippen LogP contribution in [0.3, 0.4) is 0 Å². The van der Waals surface area contributed by atoms with Gasteiger partial charge in [-0.25, -0.2) is 0 Å². The molecule has 0 aromatic heterocycles. The third kappa shape index (κ3) is 3.59. The predicted octanol–water partition coefficient (Wildman–Crippen LogP) is 3.74. The summed E-state index contributed by atoms with van der Waals surface area (Å²) in [5, 5.41) is 10.9. The zero-order valence-electron chi connectivity index (χ0n) is 7.97. The fraction of sp³-hybridized carbons (Fsp3) is 0.333. The van der Waals surface area contributed by atoms with E-state index >= 15 is 0 Å². The molecule has 0 N–H and O–H groups in total. The van der Waals surface area contributed by atoms with E-state index in [2.05, 4.69) is 13.8 Å². The van der Waals surface area contributed by atoms with E-state index in [1.807, 2.05) is 0 Å². The topological polar surface area (TPSA) is 43.1 Å². The molecule has 0 radical (unpaired) electrons. The Morgan fingerprint density at radius 1 is 1.29 bits per heavy atom. The molecule has 0 aliphatic rings. The van der Waals surface area contributed by atoms with Gasteiger partial charge in [0.1, 0.15) is 0 Å². The van der Waals surface area contributed by atoms with E-state index in [4.69, 9.17) is 0 Å². The molecule has 1 aromatic carbocycles. The Bertz CT molecular complexity index is 311. The molecule has 0 saturated carbocycles. The van der Waals surface area contributed by atoms with Crippen LogP contribution >= 0.6 is 21.6 Å². The van der Waals surface area contributed by atoms with Crippen molar-refractivity contribution >= 4 is 27.3 Å². The smallest absolute Gasteiger partial charge is 0.258 e. The van der Waals surface area contributed by atoms with Crippen molar-refractivity contribution in [3.8, 4) is 0 Å². The molecule has 0 fully saturated rings. The van der Waals surface area contributed by atoms with Crippen molar-refractivity contribution in [1.82, 2.24) is 0 Å². The van der Waals surface area contributed by atoms with Crippen LogP contribution in [0.1, 0.15) is 13.8 Å². The number of hydrogen-bond donors (Lipinski definition) is 0. The quantitative estimate of drug-likeness (QED) is 0.448. The second-order valence-corrected chi connectivity index (χ2v) is 5.83. The molecular weight excluding hydrogens is 218 g/mol. The van der Waals surface area contributed by atoms with Gasteiger partial charge in [0.05, 0.1) is 4.92 Å². The predicted molar refractivity (Wildman–Crippen MR) is 61.7 cm³/mol. The Labute approximate surface area is 90.8 Å². The molecule has 76 valence electrons. The number of benzene rings is 1. The molecule has 0 heterocycles. The number of non-ortho nitro benzene ring substituents is 1. The summed E-state index contributed by atoms with van der Waals surface area (Å²) in [6.07, 6.45) is 0. The average molecular weight is 229 g/mol. The van der Waals surface area contributed by atoms with E-state index in [-0.39, 0.29) is 10.6 Å². The molecule has 1 aromatic rings. The van der Waals surface area contributed by atoms with E-state index in [0.717, 1.165) is 4.90 Å². The summed E-state index contributed by atoms with van der Waals surface area (Å²) < 4.78 is 0. The summed E-state index contributed by atoms with van der Waals surface area (Å²) in [6, 6.07) is 6.61. The minimum absolute atomic E-state index is 0.142. The van der Waals surface area contributed by atoms with E-state index in [9.17, 15) is 10.1 Å². The summed E-state index contributed by atoms with van der Waals surface area (Å²) in [5.74, 6) is 0. The molecule has 0 aliphatic carbocycles. The third-order valence-electron chi connectivity index (χ3n) is 1.38. The zero-order valence-corrected chi connectivity index (χ0v) is 9.60. The lowest BCUT2D eigenvalue weighted by molar-refractivity contribution is -0.384. The zero-order chi connectivity index (χ0) is 10.6. The first-order valence-corrected chi connectivity index (χ1v) is 6.38. The molecule has 14 heavy (non-hydrogen) atoms. The van der Waals surface area contributed by atoms with Gasteiger partial charge in [-0.05, 0) is 12.1 Å². The first kappa shape index (κ1) is 11.4. The maximum absolute atomic E-state index is 10.4. The number of nitrogens with zero attached hydrogens (tertiary/aromatic N) is 1. The second kappa shape index (κ2) is 5.26. The Balaban J connectivity index is 2.60. The molecule has 0 bridgehead atoms. The molecule has 3 nitrogen and oxygen atoms in total. The number of hydrogen-bond acceptors (Lipinski definition) is 4. The van der Waals surface area contributed by atoms with Gasteiger partial charge in [-0.15, -0.1) is 0 Å². The molecule has 0 atom stereocenters. The van der Waals surface area contributed by atoms with E-state index < -0.39 is 0 Å². The molecular formula is C9H11NO2S2. The standard InChI is InChI=1S/C9H11NO2S2/c1-7(2)13-14-9-5-3-8(4-6-9)10(11)12/h3-7H,1-2H3. The van der Waals surface area contributed by atoms with Gasteiger partial charge in [0.15, 0.2) is 0 Å². The van der Waals surface area contributed by atoms with Gasteiger partial charge in [-0.1, -0.05) is 35.4 Å². The van der Waals surface area contributed by atoms with Crippen LogP contribution in [0.5, 0.6) is 0 Å². The summed E-state index contributed by atoms with van der Waals surface area (Å²) in [5.41, 5.74) is 0.142. The van der Waals surface area contributed by atoms with Gasteiger partial charge in [0.2, 0.25) is 0 Å². The van der Waals surface area contributed by atoms with E-state index in [1.165, 1.54) is 12.1 Å². The minimum atomic E-state index is -0.385.